The van der Waals surface area contributed by atoms with Crippen molar-refractivity contribution < 1.29 is 4.74 Å². The van der Waals surface area contributed by atoms with Gasteiger partial charge in [-0.05, 0) is 43.7 Å². The van der Waals surface area contributed by atoms with E-state index in [1.165, 1.54) is 5.56 Å². The maximum atomic E-state index is 5.82. The van der Waals surface area contributed by atoms with E-state index in [1.54, 1.807) is 6.20 Å². The largest absolute Gasteiger partial charge is 0.489 e. The minimum absolute atomic E-state index is 0.344. The third-order valence-electron chi connectivity index (χ3n) is 3.19. The lowest BCUT2D eigenvalue weighted by atomic mass is 10.1. The average Bonchev–Trinajstić information content (AvgIpc) is 2.52. The lowest BCUT2D eigenvalue weighted by Crippen LogP contribution is -2.19. The number of benzene rings is 1. The monoisotopic (exact) mass is 270 g/mol. The summed E-state index contributed by atoms with van der Waals surface area (Å²) in [5, 5.41) is 3.48. The summed E-state index contributed by atoms with van der Waals surface area (Å²) in [6.45, 7) is 5.93. The molecule has 1 atom stereocenters. The van der Waals surface area contributed by atoms with Gasteiger partial charge in [-0.2, -0.15) is 0 Å². The van der Waals surface area contributed by atoms with Crippen LogP contribution in [0.5, 0.6) is 5.75 Å². The lowest BCUT2D eigenvalue weighted by molar-refractivity contribution is 0.305. The van der Waals surface area contributed by atoms with Crippen LogP contribution in [0.25, 0.3) is 0 Å². The molecule has 2 rings (SSSR count). The van der Waals surface area contributed by atoms with Crippen LogP contribution in [-0.2, 0) is 6.61 Å². The second-order valence-corrected chi connectivity index (χ2v) is 4.90. The predicted molar refractivity (Wildman–Crippen MR) is 81.7 cm³/mol. The third-order valence-corrected chi connectivity index (χ3v) is 3.19. The van der Waals surface area contributed by atoms with Gasteiger partial charge in [-0.25, -0.2) is 0 Å². The van der Waals surface area contributed by atoms with Gasteiger partial charge in [-0.3, -0.25) is 4.98 Å². The molecule has 3 heteroatoms. The SMILES string of the molecule is CCCNC(C)c1cccc(OCc2cccnc2)c1. The van der Waals surface area contributed by atoms with E-state index in [0.29, 0.717) is 12.6 Å². The van der Waals surface area contributed by atoms with E-state index in [9.17, 15) is 0 Å². The number of aromatic nitrogens is 1. The number of nitrogens with zero attached hydrogens (tertiary/aromatic N) is 1. The Morgan fingerprint density at radius 3 is 2.90 bits per heavy atom. The fraction of sp³-hybridized carbons (Fsp3) is 0.353. The highest BCUT2D eigenvalue weighted by Gasteiger charge is 2.05. The van der Waals surface area contributed by atoms with Gasteiger partial charge in [0.1, 0.15) is 12.4 Å². The van der Waals surface area contributed by atoms with Crippen LogP contribution < -0.4 is 10.1 Å². The molecule has 3 nitrogen and oxygen atoms in total. The Morgan fingerprint density at radius 2 is 2.15 bits per heavy atom. The summed E-state index contributed by atoms with van der Waals surface area (Å²) in [4.78, 5) is 4.09. The summed E-state index contributed by atoms with van der Waals surface area (Å²) in [5.41, 5.74) is 2.33. The summed E-state index contributed by atoms with van der Waals surface area (Å²) in [6.07, 6.45) is 4.74. The number of hydrogen-bond donors (Lipinski definition) is 1. The molecular weight excluding hydrogens is 248 g/mol. The van der Waals surface area contributed by atoms with Crippen molar-refractivity contribution in [3.05, 3.63) is 59.9 Å². The molecule has 106 valence electrons. The van der Waals surface area contributed by atoms with Gasteiger partial charge in [0.05, 0.1) is 0 Å². The molecule has 2 aromatic rings. The highest BCUT2D eigenvalue weighted by Crippen LogP contribution is 2.20. The number of nitrogens with one attached hydrogen (secondary N) is 1. The normalized spacial score (nSPS) is 12.1. The number of hydrogen-bond acceptors (Lipinski definition) is 3. The molecule has 0 radical (unpaired) electrons. The van der Waals surface area contributed by atoms with E-state index in [-0.39, 0.29) is 0 Å². The molecular formula is C17H22N2O. The van der Waals surface area contributed by atoms with Crippen LogP contribution in [0.4, 0.5) is 0 Å². The molecule has 0 bridgehead atoms. The van der Waals surface area contributed by atoms with Crippen LogP contribution in [0.2, 0.25) is 0 Å². The number of pyridine rings is 1. The van der Waals surface area contributed by atoms with Crippen molar-refractivity contribution in [3.63, 3.8) is 0 Å². The zero-order valence-electron chi connectivity index (χ0n) is 12.2. The molecule has 0 aliphatic heterocycles. The van der Waals surface area contributed by atoms with Crippen LogP contribution in [0, 0.1) is 0 Å². The molecule has 20 heavy (non-hydrogen) atoms. The Labute approximate surface area is 121 Å². The van der Waals surface area contributed by atoms with Gasteiger partial charge >= 0.3 is 0 Å². The van der Waals surface area contributed by atoms with Crippen LogP contribution >= 0.6 is 0 Å². The molecule has 0 spiro atoms. The zero-order valence-corrected chi connectivity index (χ0v) is 12.2. The Balaban J connectivity index is 1.95. The molecule has 0 aliphatic rings. The first-order valence-electron chi connectivity index (χ1n) is 7.14. The van der Waals surface area contributed by atoms with Crippen LogP contribution in [0.3, 0.4) is 0 Å². The Bertz CT molecular complexity index is 513. The van der Waals surface area contributed by atoms with Crippen molar-refractivity contribution in [1.82, 2.24) is 10.3 Å². The molecule has 1 aromatic carbocycles. The van der Waals surface area contributed by atoms with Gasteiger partial charge in [0.2, 0.25) is 0 Å². The number of rotatable bonds is 7. The van der Waals surface area contributed by atoms with Crippen molar-refractivity contribution in [2.24, 2.45) is 0 Å². The number of ether oxygens (including phenoxy) is 1. The fourth-order valence-electron chi connectivity index (χ4n) is 2.00. The summed E-state index contributed by atoms with van der Waals surface area (Å²) in [7, 11) is 0. The van der Waals surface area contributed by atoms with Crippen molar-refractivity contribution in [2.75, 3.05) is 6.54 Å². The Hall–Kier alpha value is -1.87. The standard InChI is InChI=1S/C17H22N2O/c1-3-9-19-14(2)16-7-4-8-17(11-16)20-13-15-6-5-10-18-12-15/h4-8,10-12,14,19H,3,9,13H2,1-2H3. The molecule has 0 saturated carbocycles. The average molecular weight is 270 g/mol. The van der Waals surface area contributed by atoms with E-state index >= 15 is 0 Å². The Morgan fingerprint density at radius 1 is 1.25 bits per heavy atom. The molecule has 1 heterocycles. The van der Waals surface area contributed by atoms with E-state index in [2.05, 4.69) is 36.3 Å². The highest BCUT2D eigenvalue weighted by molar-refractivity contribution is 5.30. The molecule has 1 unspecified atom stereocenters. The first kappa shape index (κ1) is 14.5. The van der Waals surface area contributed by atoms with Gasteiger partial charge in [0.25, 0.3) is 0 Å². The second kappa shape index (κ2) is 7.65. The fourth-order valence-corrected chi connectivity index (χ4v) is 2.00. The van der Waals surface area contributed by atoms with E-state index in [1.807, 2.05) is 30.5 Å². The minimum atomic E-state index is 0.344. The van der Waals surface area contributed by atoms with E-state index in [0.717, 1.165) is 24.3 Å². The van der Waals surface area contributed by atoms with Gasteiger partial charge < -0.3 is 10.1 Å². The molecule has 0 amide bonds. The van der Waals surface area contributed by atoms with Crippen LogP contribution in [-0.4, -0.2) is 11.5 Å². The molecule has 0 fully saturated rings. The van der Waals surface area contributed by atoms with Crippen LogP contribution in [0.1, 0.15) is 37.4 Å². The highest BCUT2D eigenvalue weighted by atomic mass is 16.5. The van der Waals surface area contributed by atoms with Crippen LogP contribution in [0.15, 0.2) is 48.8 Å². The Kier molecular flexibility index (Phi) is 5.56. The van der Waals surface area contributed by atoms with E-state index < -0.39 is 0 Å². The first-order valence-corrected chi connectivity index (χ1v) is 7.14. The van der Waals surface area contributed by atoms with Crippen molar-refractivity contribution in [2.45, 2.75) is 32.9 Å². The molecule has 0 aliphatic carbocycles. The second-order valence-electron chi connectivity index (χ2n) is 4.90. The van der Waals surface area contributed by atoms with Gasteiger partial charge in [0.15, 0.2) is 0 Å². The molecule has 1 aromatic heterocycles. The van der Waals surface area contributed by atoms with Gasteiger partial charge in [-0.15, -0.1) is 0 Å². The quantitative estimate of drug-likeness (QED) is 0.832. The summed E-state index contributed by atoms with van der Waals surface area (Å²) in [6, 6.07) is 12.5. The van der Waals surface area contributed by atoms with Gasteiger partial charge in [-0.1, -0.05) is 25.1 Å². The third kappa shape index (κ3) is 4.35. The zero-order chi connectivity index (χ0) is 14.2. The molecule has 0 saturated heterocycles. The maximum absolute atomic E-state index is 5.82. The maximum Gasteiger partial charge on any atom is 0.120 e. The lowest BCUT2D eigenvalue weighted by Gasteiger charge is -2.15. The van der Waals surface area contributed by atoms with Crippen molar-refractivity contribution in [3.8, 4) is 5.75 Å². The summed E-state index contributed by atoms with van der Waals surface area (Å²) in [5.74, 6) is 0.900. The summed E-state index contributed by atoms with van der Waals surface area (Å²) >= 11 is 0. The topological polar surface area (TPSA) is 34.1 Å². The van der Waals surface area contributed by atoms with Crippen molar-refractivity contribution in [1.29, 1.82) is 0 Å². The summed E-state index contributed by atoms with van der Waals surface area (Å²) < 4.78 is 5.82. The van der Waals surface area contributed by atoms with Gasteiger partial charge in [0, 0.05) is 24.0 Å². The van der Waals surface area contributed by atoms with E-state index in [4.69, 9.17) is 4.74 Å². The van der Waals surface area contributed by atoms with Crippen molar-refractivity contribution >= 4 is 0 Å². The smallest absolute Gasteiger partial charge is 0.120 e. The molecule has 1 N–H and O–H groups in total. The predicted octanol–water partition coefficient (Wildman–Crippen LogP) is 3.72. The minimum Gasteiger partial charge on any atom is -0.489 e. The first-order chi connectivity index (χ1) is 9.79.